The normalized spacial score (nSPS) is 10.6. The molecule has 3 aromatic rings. The average molecular weight is 256 g/mol. The first kappa shape index (κ1) is 11.3. The van der Waals surface area contributed by atoms with Gasteiger partial charge >= 0.3 is 0 Å². The Morgan fingerprint density at radius 2 is 2.11 bits per heavy atom. The largest absolute Gasteiger partial charge is 0.321 e. The van der Waals surface area contributed by atoms with Crippen LogP contribution in [0.1, 0.15) is 10.4 Å². The number of anilines is 1. The van der Waals surface area contributed by atoms with Gasteiger partial charge in [-0.05, 0) is 24.3 Å². The van der Waals surface area contributed by atoms with E-state index in [0.717, 1.165) is 10.9 Å². The minimum Gasteiger partial charge on any atom is -0.321 e. The summed E-state index contributed by atoms with van der Waals surface area (Å²) in [7, 11) is 0. The second-order valence-electron chi connectivity index (χ2n) is 4.00. The summed E-state index contributed by atoms with van der Waals surface area (Å²) in [4.78, 5) is 15.5. The van der Waals surface area contributed by atoms with Gasteiger partial charge in [0.2, 0.25) is 5.95 Å². The van der Waals surface area contributed by atoms with Gasteiger partial charge in [0.1, 0.15) is 0 Å². The highest BCUT2D eigenvalue weighted by molar-refractivity contribution is 6.05. The van der Waals surface area contributed by atoms with Crippen molar-refractivity contribution in [3.05, 3.63) is 54.2 Å². The molecule has 0 saturated carbocycles. The van der Waals surface area contributed by atoms with E-state index in [1.807, 2.05) is 0 Å². The fraction of sp³-hybridized carbons (Fsp3) is 0. The van der Waals surface area contributed by atoms with Crippen LogP contribution in [-0.2, 0) is 0 Å². The zero-order valence-corrected chi connectivity index (χ0v) is 9.72. The van der Waals surface area contributed by atoms with Gasteiger partial charge in [0.15, 0.2) is 0 Å². The third-order valence-electron chi connectivity index (χ3n) is 2.69. The first-order valence-corrected chi connectivity index (χ1v) is 5.58. The Hall–Kier alpha value is -2.76. The first-order valence-electron chi connectivity index (χ1n) is 5.58. The van der Waals surface area contributed by atoms with E-state index in [1.54, 1.807) is 24.4 Å². The van der Waals surface area contributed by atoms with Crippen molar-refractivity contribution in [2.24, 2.45) is 0 Å². The van der Waals surface area contributed by atoms with Crippen LogP contribution in [0, 0.1) is 5.95 Å². The number of carbonyl (C=O) groups is 1. The Kier molecular flexibility index (Phi) is 2.68. The molecule has 0 aliphatic rings. The highest BCUT2D eigenvalue weighted by Gasteiger charge is 2.08. The van der Waals surface area contributed by atoms with E-state index in [2.05, 4.69) is 20.5 Å². The van der Waals surface area contributed by atoms with Crippen molar-refractivity contribution in [2.75, 3.05) is 5.32 Å². The summed E-state index contributed by atoms with van der Waals surface area (Å²) in [6, 6.07) is 7.85. The van der Waals surface area contributed by atoms with Crippen molar-refractivity contribution in [2.45, 2.75) is 0 Å². The number of aromatic nitrogens is 3. The second kappa shape index (κ2) is 4.49. The van der Waals surface area contributed by atoms with E-state index < -0.39 is 5.95 Å². The van der Waals surface area contributed by atoms with Gasteiger partial charge in [-0.25, -0.2) is 4.98 Å². The lowest BCUT2D eigenvalue weighted by molar-refractivity contribution is 0.102. The van der Waals surface area contributed by atoms with Gasteiger partial charge in [0.25, 0.3) is 5.91 Å². The molecule has 0 radical (unpaired) electrons. The summed E-state index contributed by atoms with van der Waals surface area (Å²) in [5, 5.41) is 10.3. The molecule has 6 heteroatoms. The Morgan fingerprint density at radius 3 is 2.89 bits per heavy atom. The number of aromatic amines is 1. The molecule has 1 amide bonds. The molecule has 19 heavy (non-hydrogen) atoms. The lowest BCUT2D eigenvalue weighted by Crippen LogP contribution is -2.12. The molecule has 0 aliphatic carbocycles. The lowest BCUT2D eigenvalue weighted by atomic mass is 10.1. The average Bonchev–Trinajstić information content (AvgIpc) is 2.88. The van der Waals surface area contributed by atoms with Crippen molar-refractivity contribution in [1.29, 1.82) is 0 Å². The summed E-state index contributed by atoms with van der Waals surface area (Å²) in [5.41, 5.74) is 1.71. The summed E-state index contributed by atoms with van der Waals surface area (Å²) < 4.78 is 12.7. The van der Waals surface area contributed by atoms with Crippen LogP contribution in [0.25, 0.3) is 10.9 Å². The number of amides is 1. The van der Waals surface area contributed by atoms with E-state index in [-0.39, 0.29) is 5.91 Å². The van der Waals surface area contributed by atoms with Crippen LogP contribution in [0.3, 0.4) is 0 Å². The van der Waals surface area contributed by atoms with Crippen LogP contribution >= 0.6 is 0 Å². The van der Waals surface area contributed by atoms with Gasteiger partial charge in [-0.1, -0.05) is 6.07 Å². The first-order chi connectivity index (χ1) is 9.22. The third kappa shape index (κ3) is 2.28. The number of benzene rings is 1. The maximum absolute atomic E-state index is 12.7. The minimum atomic E-state index is -0.586. The number of pyridine rings is 1. The molecular weight excluding hydrogens is 247 g/mol. The van der Waals surface area contributed by atoms with Gasteiger partial charge in [0.05, 0.1) is 23.6 Å². The molecule has 2 aromatic heterocycles. The van der Waals surface area contributed by atoms with Crippen molar-refractivity contribution >= 4 is 22.5 Å². The maximum Gasteiger partial charge on any atom is 0.255 e. The quantitative estimate of drug-likeness (QED) is 0.691. The Balaban J connectivity index is 1.84. The predicted octanol–water partition coefficient (Wildman–Crippen LogP) is 2.35. The molecule has 0 bridgehead atoms. The molecule has 0 aliphatic heterocycles. The molecule has 0 unspecified atom stereocenters. The van der Waals surface area contributed by atoms with Gasteiger partial charge in [-0.3, -0.25) is 9.89 Å². The molecule has 0 spiro atoms. The highest BCUT2D eigenvalue weighted by atomic mass is 19.1. The summed E-state index contributed by atoms with van der Waals surface area (Å²) in [6.45, 7) is 0. The number of carbonyl (C=O) groups excluding carboxylic acids is 1. The molecular formula is C13H9FN4O. The number of hydrogen-bond acceptors (Lipinski definition) is 3. The van der Waals surface area contributed by atoms with Crippen LogP contribution < -0.4 is 5.32 Å². The summed E-state index contributed by atoms with van der Waals surface area (Å²) in [5.74, 6) is -0.873. The second-order valence-corrected chi connectivity index (χ2v) is 4.00. The van der Waals surface area contributed by atoms with Crippen LogP contribution in [0.15, 0.2) is 42.7 Å². The maximum atomic E-state index is 12.7. The highest BCUT2D eigenvalue weighted by Crippen LogP contribution is 2.14. The molecule has 0 fully saturated rings. The number of hydrogen-bond donors (Lipinski definition) is 2. The zero-order valence-electron chi connectivity index (χ0n) is 9.72. The van der Waals surface area contributed by atoms with Crippen molar-refractivity contribution in [3.8, 4) is 0 Å². The van der Waals surface area contributed by atoms with Gasteiger partial charge in [-0.2, -0.15) is 9.49 Å². The Bertz CT molecular complexity index is 736. The van der Waals surface area contributed by atoms with E-state index >= 15 is 0 Å². The lowest BCUT2D eigenvalue weighted by Gasteiger charge is -2.04. The molecule has 2 heterocycles. The fourth-order valence-electron chi connectivity index (χ4n) is 1.73. The third-order valence-corrected chi connectivity index (χ3v) is 2.69. The number of rotatable bonds is 2. The summed E-state index contributed by atoms with van der Waals surface area (Å²) >= 11 is 0. The van der Waals surface area contributed by atoms with Gasteiger partial charge in [0, 0.05) is 10.9 Å². The van der Waals surface area contributed by atoms with Crippen LogP contribution in [0.4, 0.5) is 10.1 Å². The molecule has 0 atom stereocenters. The van der Waals surface area contributed by atoms with Crippen molar-refractivity contribution in [1.82, 2.24) is 15.2 Å². The Morgan fingerprint density at radius 1 is 1.21 bits per heavy atom. The van der Waals surface area contributed by atoms with Gasteiger partial charge in [-0.15, -0.1) is 0 Å². The zero-order chi connectivity index (χ0) is 13.2. The monoisotopic (exact) mass is 256 g/mol. The molecule has 94 valence electrons. The van der Waals surface area contributed by atoms with E-state index in [4.69, 9.17) is 0 Å². The van der Waals surface area contributed by atoms with Crippen LogP contribution in [0.5, 0.6) is 0 Å². The molecule has 2 N–H and O–H groups in total. The molecule has 0 saturated heterocycles. The number of nitrogens with one attached hydrogen (secondary N) is 2. The minimum absolute atomic E-state index is 0.287. The Labute approximate surface area is 107 Å². The smallest absolute Gasteiger partial charge is 0.255 e. The SMILES string of the molecule is O=C(Nc1ccc(F)nc1)c1ccc2cn[nH]c2c1. The van der Waals surface area contributed by atoms with E-state index in [1.165, 1.54) is 18.3 Å². The number of fused-ring (bicyclic) bond motifs is 1. The van der Waals surface area contributed by atoms with E-state index in [9.17, 15) is 9.18 Å². The number of halogens is 1. The topological polar surface area (TPSA) is 70.7 Å². The summed E-state index contributed by atoms with van der Waals surface area (Å²) in [6.07, 6.45) is 2.95. The number of H-pyrrole nitrogens is 1. The molecule has 3 rings (SSSR count). The number of nitrogens with zero attached hydrogens (tertiary/aromatic N) is 2. The standard InChI is InChI=1S/C13H9FN4O/c14-12-4-3-10(7-15-12)17-13(19)8-1-2-9-6-16-18-11(9)5-8/h1-7H,(H,16,18)(H,17,19). The molecule has 1 aromatic carbocycles. The molecule has 5 nitrogen and oxygen atoms in total. The van der Waals surface area contributed by atoms with E-state index in [0.29, 0.717) is 11.3 Å². The van der Waals surface area contributed by atoms with Gasteiger partial charge < -0.3 is 5.32 Å². The van der Waals surface area contributed by atoms with Crippen molar-refractivity contribution in [3.63, 3.8) is 0 Å². The van der Waals surface area contributed by atoms with Crippen LogP contribution in [0.2, 0.25) is 0 Å². The van der Waals surface area contributed by atoms with Crippen molar-refractivity contribution < 1.29 is 9.18 Å². The van der Waals surface area contributed by atoms with Crippen LogP contribution in [-0.4, -0.2) is 21.1 Å². The fourth-order valence-corrected chi connectivity index (χ4v) is 1.73. The predicted molar refractivity (Wildman–Crippen MR) is 68.2 cm³/mol.